The molecule has 0 aromatic rings. The third-order valence-electron chi connectivity index (χ3n) is 5.24. The van der Waals surface area contributed by atoms with Crippen LogP contribution in [0.3, 0.4) is 0 Å². The van der Waals surface area contributed by atoms with E-state index >= 15 is 0 Å². The van der Waals surface area contributed by atoms with Crippen molar-refractivity contribution < 1.29 is 4.74 Å². The highest BCUT2D eigenvalue weighted by atomic mass is 127. The Balaban J connectivity index is 0.00000312. The van der Waals surface area contributed by atoms with Gasteiger partial charge in [-0.25, -0.2) is 0 Å². The summed E-state index contributed by atoms with van der Waals surface area (Å²) in [7, 11) is 1.90. The average molecular weight is 466 g/mol. The second-order valence-electron chi connectivity index (χ2n) is 7.20. The van der Waals surface area contributed by atoms with Crippen molar-refractivity contribution in [2.45, 2.75) is 51.9 Å². The lowest BCUT2D eigenvalue weighted by molar-refractivity contribution is 0.114. The molecule has 0 spiro atoms. The summed E-state index contributed by atoms with van der Waals surface area (Å²) in [6.07, 6.45) is 9.34. The van der Waals surface area contributed by atoms with E-state index in [1.165, 1.54) is 64.6 Å². The standard InChI is InChI=1S/C19H38N4O.HI/c1-3-24-17-18-10-15-23(16-18)19(20-2)21-11-6-4-7-12-22-13-8-5-9-14-22;/h18H,3-17H2,1-2H3,(H,20,21);1H. The first-order valence-corrected chi connectivity index (χ1v) is 10.1. The predicted octanol–water partition coefficient (Wildman–Crippen LogP) is 3.19. The Morgan fingerprint density at radius 1 is 1.12 bits per heavy atom. The van der Waals surface area contributed by atoms with Gasteiger partial charge in [-0.2, -0.15) is 0 Å². The Hall–Kier alpha value is -0.0800. The van der Waals surface area contributed by atoms with Crippen molar-refractivity contribution >= 4 is 29.9 Å². The Morgan fingerprint density at radius 3 is 2.64 bits per heavy atom. The maximum Gasteiger partial charge on any atom is 0.193 e. The van der Waals surface area contributed by atoms with Gasteiger partial charge in [-0.15, -0.1) is 24.0 Å². The minimum absolute atomic E-state index is 0. The Labute approximate surface area is 172 Å². The normalized spacial score (nSPS) is 22.1. The fourth-order valence-corrected chi connectivity index (χ4v) is 3.80. The number of halogens is 1. The number of guanidine groups is 1. The second kappa shape index (κ2) is 14.0. The van der Waals surface area contributed by atoms with Crippen LogP contribution in [0.4, 0.5) is 0 Å². The minimum atomic E-state index is 0. The molecule has 1 unspecified atom stereocenters. The first-order valence-electron chi connectivity index (χ1n) is 10.1. The Morgan fingerprint density at radius 2 is 1.92 bits per heavy atom. The molecule has 0 saturated carbocycles. The van der Waals surface area contributed by atoms with E-state index in [0.29, 0.717) is 5.92 Å². The highest BCUT2D eigenvalue weighted by Gasteiger charge is 2.24. The summed E-state index contributed by atoms with van der Waals surface area (Å²) >= 11 is 0. The quantitative estimate of drug-likeness (QED) is 0.245. The summed E-state index contributed by atoms with van der Waals surface area (Å²) in [5.41, 5.74) is 0. The monoisotopic (exact) mass is 466 g/mol. The first kappa shape index (κ1) is 23.0. The van der Waals surface area contributed by atoms with Gasteiger partial charge in [0.25, 0.3) is 0 Å². The van der Waals surface area contributed by atoms with Crippen LogP contribution in [-0.2, 0) is 4.74 Å². The average Bonchev–Trinajstić information content (AvgIpc) is 3.09. The highest BCUT2D eigenvalue weighted by molar-refractivity contribution is 14.0. The number of hydrogen-bond donors (Lipinski definition) is 1. The molecular formula is C19H39IN4O. The van der Waals surface area contributed by atoms with E-state index in [0.717, 1.165) is 38.8 Å². The molecule has 1 atom stereocenters. The summed E-state index contributed by atoms with van der Waals surface area (Å²) in [5, 5.41) is 3.55. The molecule has 2 aliphatic rings. The van der Waals surface area contributed by atoms with Gasteiger partial charge in [0, 0.05) is 39.2 Å². The van der Waals surface area contributed by atoms with Gasteiger partial charge in [-0.1, -0.05) is 12.8 Å². The first-order chi connectivity index (χ1) is 11.8. The number of piperidine rings is 1. The van der Waals surface area contributed by atoms with Gasteiger partial charge in [0.1, 0.15) is 0 Å². The molecule has 0 amide bonds. The van der Waals surface area contributed by atoms with Gasteiger partial charge in [-0.05, 0) is 58.7 Å². The fraction of sp³-hybridized carbons (Fsp3) is 0.947. The zero-order valence-electron chi connectivity index (χ0n) is 16.3. The Kier molecular flexibility index (Phi) is 12.9. The molecular weight excluding hydrogens is 427 g/mol. The molecule has 148 valence electrons. The SMILES string of the molecule is CCOCC1CCN(C(=NC)NCCCCCN2CCCCC2)C1.I. The third-order valence-corrected chi connectivity index (χ3v) is 5.24. The summed E-state index contributed by atoms with van der Waals surface area (Å²) < 4.78 is 5.56. The molecule has 25 heavy (non-hydrogen) atoms. The number of nitrogens with zero attached hydrogens (tertiary/aromatic N) is 3. The maximum atomic E-state index is 5.56. The zero-order chi connectivity index (χ0) is 17.0. The van der Waals surface area contributed by atoms with Crippen molar-refractivity contribution in [1.29, 1.82) is 0 Å². The topological polar surface area (TPSA) is 40.1 Å². The van der Waals surface area contributed by atoms with Crippen molar-refractivity contribution in [3.63, 3.8) is 0 Å². The van der Waals surface area contributed by atoms with Gasteiger partial charge in [0.2, 0.25) is 0 Å². The van der Waals surface area contributed by atoms with Gasteiger partial charge >= 0.3 is 0 Å². The molecule has 0 bridgehead atoms. The van der Waals surface area contributed by atoms with E-state index in [1.54, 1.807) is 0 Å². The van der Waals surface area contributed by atoms with E-state index in [1.807, 2.05) is 7.05 Å². The molecule has 2 rings (SSSR count). The number of unbranched alkanes of at least 4 members (excludes halogenated alkanes) is 2. The number of likely N-dealkylation sites (tertiary alicyclic amines) is 2. The van der Waals surface area contributed by atoms with Gasteiger partial charge in [0.05, 0.1) is 6.61 Å². The van der Waals surface area contributed by atoms with Crippen LogP contribution in [0.15, 0.2) is 4.99 Å². The molecule has 2 aliphatic heterocycles. The molecule has 6 heteroatoms. The molecule has 2 fully saturated rings. The highest BCUT2D eigenvalue weighted by Crippen LogP contribution is 2.16. The lowest BCUT2D eigenvalue weighted by Crippen LogP contribution is -2.40. The van der Waals surface area contributed by atoms with E-state index in [4.69, 9.17) is 4.74 Å². The van der Waals surface area contributed by atoms with Crippen LogP contribution < -0.4 is 5.32 Å². The Bertz CT molecular complexity index is 361. The van der Waals surface area contributed by atoms with Crippen LogP contribution in [0, 0.1) is 5.92 Å². The number of hydrogen-bond acceptors (Lipinski definition) is 3. The molecule has 5 nitrogen and oxygen atoms in total. The molecule has 0 aromatic carbocycles. The summed E-state index contributed by atoms with van der Waals surface area (Å²) in [6, 6.07) is 0. The van der Waals surface area contributed by atoms with Gasteiger partial charge in [-0.3, -0.25) is 4.99 Å². The van der Waals surface area contributed by atoms with Crippen molar-refractivity contribution in [1.82, 2.24) is 15.1 Å². The number of ether oxygens (including phenoxy) is 1. The second-order valence-corrected chi connectivity index (χ2v) is 7.20. The van der Waals surface area contributed by atoms with Crippen LogP contribution in [-0.4, -0.2) is 75.3 Å². The van der Waals surface area contributed by atoms with Crippen molar-refractivity contribution in [2.75, 3.05) is 59.5 Å². The lowest BCUT2D eigenvalue weighted by Gasteiger charge is -2.26. The van der Waals surface area contributed by atoms with Crippen molar-refractivity contribution in [2.24, 2.45) is 10.9 Å². The summed E-state index contributed by atoms with van der Waals surface area (Å²) in [4.78, 5) is 9.48. The van der Waals surface area contributed by atoms with E-state index < -0.39 is 0 Å². The van der Waals surface area contributed by atoms with Crippen LogP contribution in [0.5, 0.6) is 0 Å². The predicted molar refractivity (Wildman–Crippen MR) is 117 cm³/mol. The van der Waals surface area contributed by atoms with Crippen LogP contribution in [0.2, 0.25) is 0 Å². The van der Waals surface area contributed by atoms with Crippen LogP contribution in [0.25, 0.3) is 0 Å². The molecule has 2 heterocycles. The number of nitrogens with one attached hydrogen (secondary N) is 1. The smallest absolute Gasteiger partial charge is 0.193 e. The third kappa shape index (κ3) is 8.91. The lowest BCUT2D eigenvalue weighted by atomic mass is 10.1. The summed E-state index contributed by atoms with van der Waals surface area (Å²) in [5.74, 6) is 1.73. The minimum Gasteiger partial charge on any atom is -0.381 e. The van der Waals surface area contributed by atoms with Gasteiger partial charge in [0.15, 0.2) is 5.96 Å². The van der Waals surface area contributed by atoms with Gasteiger partial charge < -0.3 is 19.9 Å². The van der Waals surface area contributed by atoms with Crippen molar-refractivity contribution in [3.05, 3.63) is 0 Å². The van der Waals surface area contributed by atoms with Crippen molar-refractivity contribution in [3.8, 4) is 0 Å². The van der Waals surface area contributed by atoms with E-state index in [-0.39, 0.29) is 24.0 Å². The molecule has 2 saturated heterocycles. The molecule has 0 radical (unpaired) electrons. The fourth-order valence-electron chi connectivity index (χ4n) is 3.80. The molecule has 0 aromatic heterocycles. The zero-order valence-corrected chi connectivity index (χ0v) is 18.7. The maximum absolute atomic E-state index is 5.56. The van der Waals surface area contributed by atoms with Crippen LogP contribution >= 0.6 is 24.0 Å². The number of rotatable bonds is 9. The molecule has 0 aliphatic carbocycles. The summed E-state index contributed by atoms with van der Waals surface area (Å²) in [6.45, 7) is 10.9. The largest absolute Gasteiger partial charge is 0.381 e. The van der Waals surface area contributed by atoms with E-state index in [9.17, 15) is 0 Å². The molecule has 1 N–H and O–H groups in total. The van der Waals surface area contributed by atoms with E-state index in [2.05, 4.69) is 27.0 Å². The van der Waals surface area contributed by atoms with Crippen LogP contribution in [0.1, 0.15) is 51.9 Å². The number of aliphatic imine (C=N–C) groups is 1.